The van der Waals surface area contributed by atoms with Crippen LogP contribution >= 0.6 is 0 Å². The number of ketones is 1. The highest BCUT2D eigenvalue weighted by atomic mass is 16.5. The van der Waals surface area contributed by atoms with Gasteiger partial charge in [0.2, 0.25) is 0 Å². The third-order valence-electron chi connectivity index (χ3n) is 3.60. The second-order valence-corrected chi connectivity index (χ2v) is 5.01. The van der Waals surface area contributed by atoms with E-state index in [0.717, 1.165) is 32.4 Å². The standard InChI is InChI=1S/C13H25NO2/c1-11(10-16-3)14(2)9-12-7-5-4-6-8-13(12)15/h11-12H,4-10H2,1-3H3. The van der Waals surface area contributed by atoms with Gasteiger partial charge in [0.15, 0.2) is 0 Å². The molecule has 1 saturated carbocycles. The molecule has 16 heavy (non-hydrogen) atoms. The van der Waals surface area contributed by atoms with Crippen LogP contribution in [0, 0.1) is 5.92 Å². The van der Waals surface area contributed by atoms with Gasteiger partial charge < -0.3 is 9.64 Å². The second-order valence-electron chi connectivity index (χ2n) is 5.01. The largest absolute Gasteiger partial charge is 0.383 e. The van der Waals surface area contributed by atoms with E-state index in [2.05, 4.69) is 18.9 Å². The highest BCUT2D eigenvalue weighted by Gasteiger charge is 2.23. The van der Waals surface area contributed by atoms with Crippen LogP contribution in [0.4, 0.5) is 0 Å². The van der Waals surface area contributed by atoms with Crippen LogP contribution in [-0.2, 0) is 9.53 Å². The molecule has 1 rings (SSSR count). The summed E-state index contributed by atoms with van der Waals surface area (Å²) in [5, 5.41) is 0. The van der Waals surface area contributed by atoms with Gasteiger partial charge in [-0.15, -0.1) is 0 Å². The molecule has 0 aromatic rings. The third kappa shape index (κ3) is 4.22. The zero-order valence-corrected chi connectivity index (χ0v) is 10.9. The summed E-state index contributed by atoms with van der Waals surface area (Å²) >= 11 is 0. The molecule has 1 fully saturated rings. The van der Waals surface area contributed by atoms with E-state index in [1.165, 1.54) is 12.8 Å². The minimum atomic E-state index is 0.256. The molecule has 3 nitrogen and oxygen atoms in total. The molecule has 0 saturated heterocycles. The van der Waals surface area contributed by atoms with E-state index >= 15 is 0 Å². The average Bonchev–Trinajstić information content (AvgIpc) is 2.45. The molecular formula is C13H25NO2. The normalized spacial score (nSPS) is 24.5. The van der Waals surface area contributed by atoms with Crippen molar-refractivity contribution in [3.8, 4) is 0 Å². The number of carbonyl (C=O) groups is 1. The number of carbonyl (C=O) groups excluding carboxylic acids is 1. The molecule has 1 aliphatic rings. The number of hydrogen-bond donors (Lipinski definition) is 0. The maximum atomic E-state index is 11.9. The Morgan fingerprint density at radius 3 is 2.88 bits per heavy atom. The molecule has 0 N–H and O–H groups in total. The Bertz CT molecular complexity index is 218. The highest BCUT2D eigenvalue weighted by molar-refractivity contribution is 5.81. The number of likely N-dealkylation sites (N-methyl/N-ethyl adjacent to an activating group) is 1. The molecule has 94 valence electrons. The molecule has 0 aliphatic heterocycles. The summed E-state index contributed by atoms with van der Waals surface area (Å²) in [7, 11) is 3.81. The van der Waals surface area contributed by atoms with Gasteiger partial charge in [-0.25, -0.2) is 0 Å². The summed E-state index contributed by atoms with van der Waals surface area (Å²) in [5.41, 5.74) is 0. The predicted octanol–water partition coefficient (Wildman–Crippen LogP) is 2.10. The van der Waals surface area contributed by atoms with Crippen molar-refractivity contribution in [3.63, 3.8) is 0 Å². The first-order valence-electron chi connectivity index (χ1n) is 6.37. The van der Waals surface area contributed by atoms with E-state index in [0.29, 0.717) is 11.8 Å². The number of rotatable bonds is 5. The number of hydrogen-bond acceptors (Lipinski definition) is 3. The zero-order chi connectivity index (χ0) is 12.0. The van der Waals surface area contributed by atoms with Crippen LogP contribution in [0.15, 0.2) is 0 Å². The van der Waals surface area contributed by atoms with Crippen molar-refractivity contribution in [1.82, 2.24) is 4.90 Å². The molecule has 0 aromatic carbocycles. The van der Waals surface area contributed by atoms with Crippen LogP contribution in [0.3, 0.4) is 0 Å². The monoisotopic (exact) mass is 227 g/mol. The molecule has 1 aliphatic carbocycles. The van der Waals surface area contributed by atoms with Gasteiger partial charge in [-0.1, -0.05) is 12.8 Å². The van der Waals surface area contributed by atoms with Crippen molar-refractivity contribution in [2.75, 3.05) is 27.3 Å². The van der Waals surface area contributed by atoms with Gasteiger partial charge in [0.1, 0.15) is 5.78 Å². The lowest BCUT2D eigenvalue weighted by Crippen LogP contribution is -2.38. The minimum absolute atomic E-state index is 0.256. The lowest BCUT2D eigenvalue weighted by molar-refractivity contribution is -0.123. The Labute approximate surface area is 99.1 Å². The van der Waals surface area contributed by atoms with E-state index < -0.39 is 0 Å². The number of methoxy groups -OCH3 is 1. The molecule has 0 heterocycles. The van der Waals surface area contributed by atoms with E-state index in [9.17, 15) is 4.79 Å². The van der Waals surface area contributed by atoms with Crippen molar-refractivity contribution in [2.24, 2.45) is 5.92 Å². The van der Waals surface area contributed by atoms with Gasteiger partial charge in [0, 0.05) is 32.0 Å². The predicted molar refractivity (Wildman–Crippen MR) is 65.6 cm³/mol. The Hall–Kier alpha value is -0.410. The summed E-state index contributed by atoms with van der Waals surface area (Å²) in [6, 6.07) is 0.390. The average molecular weight is 227 g/mol. The van der Waals surface area contributed by atoms with Gasteiger partial charge >= 0.3 is 0 Å². The fourth-order valence-electron chi connectivity index (χ4n) is 2.32. The molecule has 0 bridgehead atoms. The summed E-state index contributed by atoms with van der Waals surface area (Å²) in [6.07, 6.45) is 5.38. The molecule has 0 spiro atoms. The molecule has 3 heteroatoms. The van der Waals surface area contributed by atoms with E-state index in [4.69, 9.17) is 4.74 Å². The number of Topliss-reactive ketones (excluding diaryl/α,β-unsaturated/α-hetero) is 1. The van der Waals surface area contributed by atoms with E-state index in [1.54, 1.807) is 7.11 Å². The van der Waals surface area contributed by atoms with Crippen LogP contribution in [0.1, 0.15) is 39.0 Å². The van der Waals surface area contributed by atoms with E-state index in [1.807, 2.05) is 0 Å². The Morgan fingerprint density at radius 1 is 1.44 bits per heavy atom. The Balaban J connectivity index is 2.41. The summed E-state index contributed by atoms with van der Waals surface area (Å²) in [6.45, 7) is 3.77. The van der Waals surface area contributed by atoms with Gasteiger partial charge in [-0.2, -0.15) is 0 Å². The van der Waals surface area contributed by atoms with Crippen molar-refractivity contribution >= 4 is 5.78 Å². The Kier molecular flexibility index (Phi) is 5.99. The van der Waals surface area contributed by atoms with Gasteiger partial charge in [-0.05, 0) is 26.8 Å². The molecular weight excluding hydrogens is 202 g/mol. The SMILES string of the molecule is COCC(C)N(C)CC1CCCCCC1=O. The van der Waals surface area contributed by atoms with Crippen molar-refractivity contribution in [3.05, 3.63) is 0 Å². The first kappa shape index (κ1) is 13.7. The summed E-state index contributed by atoms with van der Waals surface area (Å²) in [5.74, 6) is 0.723. The van der Waals surface area contributed by atoms with E-state index in [-0.39, 0.29) is 5.92 Å². The second kappa shape index (κ2) is 7.02. The molecule has 0 radical (unpaired) electrons. The lowest BCUT2D eigenvalue weighted by Gasteiger charge is -2.27. The molecule has 0 aromatic heterocycles. The fourth-order valence-corrected chi connectivity index (χ4v) is 2.32. The summed E-state index contributed by atoms with van der Waals surface area (Å²) in [4.78, 5) is 14.1. The topological polar surface area (TPSA) is 29.5 Å². The zero-order valence-electron chi connectivity index (χ0n) is 10.9. The first-order chi connectivity index (χ1) is 7.65. The minimum Gasteiger partial charge on any atom is -0.383 e. The number of ether oxygens (including phenoxy) is 1. The van der Waals surface area contributed by atoms with Crippen molar-refractivity contribution in [1.29, 1.82) is 0 Å². The van der Waals surface area contributed by atoms with Gasteiger partial charge in [-0.3, -0.25) is 4.79 Å². The van der Waals surface area contributed by atoms with Crippen LogP contribution in [0.25, 0.3) is 0 Å². The van der Waals surface area contributed by atoms with Crippen molar-refractivity contribution < 1.29 is 9.53 Å². The van der Waals surface area contributed by atoms with Crippen LogP contribution in [0.5, 0.6) is 0 Å². The first-order valence-corrected chi connectivity index (χ1v) is 6.37. The highest BCUT2D eigenvalue weighted by Crippen LogP contribution is 2.21. The smallest absolute Gasteiger partial charge is 0.137 e. The van der Waals surface area contributed by atoms with Gasteiger partial charge in [0.25, 0.3) is 0 Å². The third-order valence-corrected chi connectivity index (χ3v) is 3.60. The fraction of sp³-hybridized carbons (Fsp3) is 0.923. The Morgan fingerprint density at radius 2 is 2.19 bits per heavy atom. The van der Waals surface area contributed by atoms with Crippen LogP contribution < -0.4 is 0 Å². The molecule has 0 amide bonds. The molecule has 2 unspecified atom stereocenters. The maximum Gasteiger partial charge on any atom is 0.137 e. The van der Waals surface area contributed by atoms with Crippen LogP contribution in [-0.4, -0.2) is 44.0 Å². The quantitative estimate of drug-likeness (QED) is 0.674. The maximum absolute atomic E-state index is 11.9. The molecule has 2 atom stereocenters. The lowest BCUT2D eigenvalue weighted by atomic mass is 9.98. The van der Waals surface area contributed by atoms with Crippen molar-refractivity contribution in [2.45, 2.75) is 45.1 Å². The van der Waals surface area contributed by atoms with Crippen LogP contribution in [0.2, 0.25) is 0 Å². The van der Waals surface area contributed by atoms with Gasteiger partial charge in [0.05, 0.1) is 6.61 Å². The number of nitrogens with zero attached hydrogens (tertiary/aromatic N) is 1. The summed E-state index contributed by atoms with van der Waals surface area (Å²) < 4.78 is 5.14.